The Balaban J connectivity index is 1.91. The van der Waals surface area contributed by atoms with Gasteiger partial charge in [0.15, 0.2) is 5.76 Å². The Labute approximate surface area is 131 Å². The maximum absolute atomic E-state index is 12.7. The second kappa shape index (κ2) is 6.04. The number of furan rings is 1. The molecule has 1 aromatic heterocycles. The standard InChI is InChI=1S/C15H15ClO2S2/c1-2-13-15(20-6-5-19-13)14(17)12-8-9-7-10(16)3-4-11(9)18-12/h3-4,7-8,13,15H,2,5-6H2,1H3. The first-order valence-electron chi connectivity index (χ1n) is 6.65. The van der Waals surface area contributed by atoms with E-state index in [0.29, 0.717) is 16.0 Å². The molecule has 1 saturated heterocycles. The van der Waals surface area contributed by atoms with Crippen molar-refractivity contribution in [3.63, 3.8) is 0 Å². The van der Waals surface area contributed by atoms with Gasteiger partial charge in [-0.25, -0.2) is 0 Å². The second-order valence-electron chi connectivity index (χ2n) is 4.77. The van der Waals surface area contributed by atoms with Crippen LogP contribution in [-0.4, -0.2) is 27.8 Å². The highest BCUT2D eigenvalue weighted by atomic mass is 35.5. The highest BCUT2D eigenvalue weighted by molar-refractivity contribution is 8.07. The van der Waals surface area contributed by atoms with E-state index in [1.807, 2.05) is 30.0 Å². The zero-order valence-corrected chi connectivity index (χ0v) is 13.5. The number of rotatable bonds is 3. The lowest BCUT2D eigenvalue weighted by atomic mass is 10.1. The molecule has 0 radical (unpaired) electrons. The molecule has 0 N–H and O–H groups in total. The minimum absolute atomic E-state index is 0.00906. The van der Waals surface area contributed by atoms with Gasteiger partial charge in [-0.3, -0.25) is 4.79 Å². The smallest absolute Gasteiger partial charge is 0.212 e. The van der Waals surface area contributed by atoms with Crippen LogP contribution in [0, 0.1) is 0 Å². The molecule has 0 aliphatic carbocycles. The van der Waals surface area contributed by atoms with Gasteiger partial charge in [0, 0.05) is 27.2 Å². The highest BCUT2D eigenvalue weighted by Gasteiger charge is 2.33. The largest absolute Gasteiger partial charge is 0.453 e. The summed E-state index contributed by atoms with van der Waals surface area (Å²) in [5.74, 6) is 2.73. The molecule has 2 aromatic rings. The average molecular weight is 327 g/mol. The molecule has 1 aliphatic heterocycles. The number of Topliss-reactive ketones (excluding diaryl/α,β-unsaturated/α-hetero) is 1. The fraction of sp³-hybridized carbons (Fsp3) is 0.400. The number of benzene rings is 1. The topological polar surface area (TPSA) is 30.2 Å². The molecule has 0 bridgehead atoms. The molecule has 2 atom stereocenters. The summed E-state index contributed by atoms with van der Waals surface area (Å²) >= 11 is 9.62. The summed E-state index contributed by atoms with van der Waals surface area (Å²) in [5.41, 5.74) is 0.722. The molecule has 3 rings (SSSR count). The Morgan fingerprint density at radius 3 is 2.95 bits per heavy atom. The second-order valence-corrected chi connectivity index (χ2v) is 7.80. The normalized spacial score (nSPS) is 23.1. The van der Waals surface area contributed by atoms with Gasteiger partial charge in [0.1, 0.15) is 5.58 Å². The monoisotopic (exact) mass is 326 g/mol. The molecule has 106 valence electrons. The van der Waals surface area contributed by atoms with Crippen LogP contribution in [0.3, 0.4) is 0 Å². The fourth-order valence-electron chi connectivity index (χ4n) is 2.42. The van der Waals surface area contributed by atoms with E-state index in [2.05, 4.69) is 6.92 Å². The summed E-state index contributed by atoms with van der Waals surface area (Å²) in [5, 5.41) is 1.95. The van der Waals surface area contributed by atoms with Crippen molar-refractivity contribution in [2.75, 3.05) is 11.5 Å². The van der Waals surface area contributed by atoms with Crippen LogP contribution in [-0.2, 0) is 0 Å². The molecule has 1 aliphatic rings. The maximum Gasteiger partial charge on any atom is 0.212 e. The van der Waals surface area contributed by atoms with Crippen LogP contribution < -0.4 is 0 Å². The maximum atomic E-state index is 12.7. The van der Waals surface area contributed by atoms with E-state index in [0.717, 1.165) is 28.9 Å². The molecular weight excluding hydrogens is 312 g/mol. The quantitative estimate of drug-likeness (QED) is 0.751. The van der Waals surface area contributed by atoms with Gasteiger partial charge in [-0.1, -0.05) is 18.5 Å². The van der Waals surface area contributed by atoms with Crippen LogP contribution in [0.25, 0.3) is 11.0 Å². The van der Waals surface area contributed by atoms with Crippen LogP contribution in [0.15, 0.2) is 28.7 Å². The van der Waals surface area contributed by atoms with Gasteiger partial charge in [0.05, 0.1) is 5.25 Å². The van der Waals surface area contributed by atoms with E-state index >= 15 is 0 Å². The van der Waals surface area contributed by atoms with E-state index < -0.39 is 0 Å². The number of halogens is 1. The molecular formula is C15H15ClO2S2. The predicted octanol–water partition coefficient (Wildman–Crippen LogP) is 4.90. The van der Waals surface area contributed by atoms with Gasteiger partial charge in [-0.05, 0) is 30.7 Å². The van der Waals surface area contributed by atoms with Gasteiger partial charge in [-0.15, -0.1) is 11.8 Å². The Hall–Kier alpha value is -0.580. The Bertz CT molecular complexity index is 638. The molecule has 2 nitrogen and oxygen atoms in total. The van der Waals surface area contributed by atoms with Gasteiger partial charge in [0.25, 0.3) is 0 Å². The van der Waals surface area contributed by atoms with Crippen LogP contribution in [0.5, 0.6) is 0 Å². The number of hydrogen-bond acceptors (Lipinski definition) is 4. The average Bonchev–Trinajstić information content (AvgIpc) is 2.89. The van der Waals surface area contributed by atoms with Crippen molar-refractivity contribution in [3.8, 4) is 0 Å². The number of ketones is 1. The van der Waals surface area contributed by atoms with Crippen molar-refractivity contribution in [3.05, 3.63) is 35.0 Å². The van der Waals surface area contributed by atoms with E-state index in [1.165, 1.54) is 0 Å². The van der Waals surface area contributed by atoms with Crippen LogP contribution in [0.1, 0.15) is 23.9 Å². The lowest BCUT2D eigenvalue weighted by molar-refractivity contribution is 0.0963. The number of thioether (sulfide) groups is 2. The molecule has 0 amide bonds. The number of fused-ring (bicyclic) bond motifs is 1. The highest BCUT2D eigenvalue weighted by Crippen LogP contribution is 2.36. The zero-order valence-electron chi connectivity index (χ0n) is 11.1. The van der Waals surface area contributed by atoms with E-state index in [9.17, 15) is 4.79 Å². The van der Waals surface area contributed by atoms with Gasteiger partial charge in [0.2, 0.25) is 5.78 Å². The van der Waals surface area contributed by atoms with E-state index in [-0.39, 0.29) is 11.0 Å². The SMILES string of the molecule is CCC1SCCSC1C(=O)c1cc2cc(Cl)ccc2o1. The first-order chi connectivity index (χ1) is 9.69. The number of hydrogen-bond donors (Lipinski definition) is 0. The van der Waals surface area contributed by atoms with Crippen molar-refractivity contribution < 1.29 is 9.21 Å². The lowest BCUT2D eigenvalue weighted by Gasteiger charge is -2.27. The molecule has 2 heterocycles. The molecule has 0 spiro atoms. The summed E-state index contributed by atoms with van der Waals surface area (Å²) in [6.45, 7) is 2.14. The summed E-state index contributed by atoms with van der Waals surface area (Å²) in [7, 11) is 0. The minimum Gasteiger partial charge on any atom is -0.453 e. The van der Waals surface area contributed by atoms with Crippen molar-refractivity contribution >= 4 is 51.9 Å². The fourth-order valence-corrected chi connectivity index (χ4v) is 5.61. The first kappa shape index (κ1) is 14.4. The third-order valence-corrected chi connectivity index (χ3v) is 6.91. The van der Waals surface area contributed by atoms with Crippen molar-refractivity contribution in [2.45, 2.75) is 23.8 Å². The Morgan fingerprint density at radius 1 is 1.35 bits per heavy atom. The van der Waals surface area contributed by atoms with E-state index in [1.54, 1.807) is 17.8 Å². The van der Waals surface area contributed by atoms with Gasteiger partial charge in [-0.2, -0.15) is 11.8 Å². The van der Waals surface area contributed by atoms with Gasteiger partial charge < -0.3 is 4.42 Å². The predicted molar refractivity (Wildman–Crippen MR) is 88.3 cm³/mol. The molecule has 0 saturated carbocycles. The van der Waals surface area contributed by atoms with Crippen LogP contribution >= 0.6 is 35.1 Å². The molecule has 20 heavy (non-hydrogen) atoms. The van der Waals surface area contributed by atoms with Crippen molar-refractivity contribution in [1.29, 1.82) is 0 Å². The molecule has 5 heteroatoms. The number of carbonyl (C=O) groups is 1. The Morgan fingerprint density at radius 2 is 2.15 bits per heavy atom. The molecule has 1 fully saturated rings. The minimum atomic E-state index is 0.00906. The third kappa shape index (κ3) is 2.74. The van der Waals surface area contributed by atoms with Crippen LogP contribution in [0.4, 0.5) is 0 Å². The van der Waals surface area contributed by atoms with Crippen molar-refractivity contribution in [2.24, 2.45) is 0 Å². The third-order valence-electron chi connectivity index (χ3n) is 3.43. The zero-order chi connectivity index (χ0) is 14.1. The van der Waals surface area contributed by atoms with Crippen molar-refractivity contribution in [1.82, 2.24) is 0 Å². The molecule has 2 unspecified atom stereocenters. The Kier molecular flexibility index (Phi) is 4.34. The molecule has 1 aromatic carbocycles. The van der Waals surface area contributed by atoms with Crippen LogP contribution in [0.2, 0.25) is 5.02 Å². The lowest BCUT2D eigenvalue weighted by Crippen LogP contribution is -2.32. The summed E-state index contributed by atoms with van der Waals surface area (Å²) in [6, 6.07) is 7.24. The summed E-state index contributed by atoms with van der Waals surface area (Å²) < 4.78 is 5.70. The summed E-state index contributed by atoms with van der Waals surface area (Å²) in [6.07, 6.45) is 1.01. The summed E-state index contributed by atoms with van der Waals surface area (Å²) in [4.78, 5) is 12.7. The van der Waals surface area contributed by atoms with E-state index in [4.69, 9.17) is 16.0 Å². The van der Waals surface area contributed by atoms with Gasteiger partial charge >= 0.3 is 0 Å². The first-order valence-corrected chi connectivity index (χ1v) is 9.13. The number of carbonyl (C=O) groups excluding carboxylic acids is 1.